The average molecular weight is 392 g/mol. The first-order valence-corrected chi connectivity index (χ1v) is 10.2. The number of allylic oxidation sites excluding steroid dienone is 6. The molecule has 0 aliphatic carbocycles. The largest absolute Gasteiger partial charge is 0.392 e. The highest BCUT2D eigenvalue weighted by Gasteiger charge is 2.13. The van der Waals surface area contributed by atoms with Crippen molar-refractivity contribution in [3.05, 3.63) is 36.5 Å². The first-order chi connectivity index (χ1) is 13.5. The van der Waals surface area contributed by atoms with Crippen LogP contribution in [0.25, 0.3) is 0 Å². The van der Waals surface area contributed by atoms with Crippen LogP contribution in [0.15, 0.2) is 36.5 Å². The maximum absolute atomic E-state index is 11.6. The van der Waals surface area contributed by atoms with Crippen molar-refractivity contribution in [2.45, 2.75) is 71.1 Å². The highest BCUT2D eigenvalue weighted by Crippen LogP contribution is 2.04. The van der Waals surface area contributed by atoms with Crippen LogP contribution in [-0.2, 0) is 14.3 Å². The van der Waals surface area contributed by atoms with Gasteiger partial charge < -0.3 is 15.4 Å². The molecule has 0 bridgehead atoms. The molecule has 0 fully saturated rings. The quantitative estimate of drug-likeness (QED) is 0.107. The van der Waals surface area contributed by atoms with Gasteiger partial charge in [-0.1, -0.05) is 56.2 Å². The number of nitrogens with zero attached hydrogens (tertiary/aromatic N) is 1. The lowest BCUT2D eigenvalue weighted by Gasteiger charge is -2.14. The molecule has 0 aromatic heterocycles. The zero-order valence-electron chi connectivity index (χ0n) is 17.5. The second-order valence-electron chi connectivity index (χ2n) is 6.71. The van der Waals surface area contributed by atoms with E-state index in [0.717, 1.165) is 25.7 Å². The third-order valence-electron chi connectivity index (χ3n) is 4.03. The summed E-state index contributed by atoms with van der Waals surface area (Å²) in [6, 6.07) is 0. The van der Waals surface area contributed by atoms with E-state index in [4.69, 9.17) is 11.1 Å². The Morgan fingerprint density at radius 2 is 1.43 bits per heavy atom. The van der Waals surface area contributed by atoms with Gasteiger partial charge in [0.25, 0.3) is 0 Å². The minimum Gasteiger partial charge on any atom is -0.392 e. The lowest BCUT2D eigenvalue weighted by Crippen LogP contribution is -2.37. The van der Waals surface area contributed by atoms with Crippen LogP contribution < -0.4 is 5.73 Å². The molecule has 0 aromatic carbocycles. The van der Waals surface area contributed by atoms with E-state index >= 15 is 0 Å². The van der Waals surface area contributed by atoms with Gasteiger partial charge in [0, 0.05) is 13.5 Å². The Labute approximate surface area is 170 Å². The molecule has 0 aromatic rings. The Hall–Kier alpha value is -2.37. The minimum atomic E-state index is -0.690. The monoisotopic (exact) mass is 391 g/mol. The number of guanidine groups is 1. The zero-order valence-corrected chi connectivity index (χ0v) is 17.5. The number of hydrogen-bond donors (Lipinski definition) is 2. The first-order valence-electron chi connectivity index (χ1n) is 10.2. The van der Waals surface area contributed by atoms with Gasteiger partial charge in [-0.05, 0) is 44.9 Å². The van der Waals surface area contributed by atoms with Crippen molar-refractivity contribution in [1.29, 1.82) is 5.41 Å². The van der Waals surface area contributed by atoms with Crippen molar-refractivity contribution in [2.75, 3.05) is 13.6 Å². The lowest BCUT2D eigenvalue weighted by molar-refractivity contribution is -0.159. The highest BCUT2D eigenvalue weighted by molar-refractivity contribution is 5.88. The van der Waals surface area contributed by atoms with Gasteiger partial charge in [0.15, 0.2) is 5.96 Å². The first kappa shape index (κ1) is 25.6. The summed E-state index contributed by atoms with van der Waals surface area (Å²) in [5, 5.41) is 7.15. The number of nitrogens with one attached hydrogen (secondary N) is 1. The van der Waals surface area contributed by atoms with Crippen molar-refractivity contribution < 1.29 is 14.3 Å². The van der Waals surface area contributed by atoms with Gasteiger partial charge >= 0.3 is 11.9 Å². The van der Waals surface area contributed by atoms with Gasteiger partial charge in [0.1, 0.15) is 6.54 Å². The predicted molar refractivity (Wildman–Crippen MR) is 115 cm³/mol. The Morgan fingerprint density at radius 3 is 1.96 bits per heavy atom. The molecule has 158 valence electrons. The summed E-state index contributed by atoms with van der Waals surface area (Å²) >= 11 is 0. The van der Waals surface area contributed by atoms with Crippen molar-refractivity contribution in [3.8, 4) is 0 Å². The molecule has 0 saturated carbocycles. The molecule has 0 amide bonds. The van der Waals surface area contributed by atoms with Crippen LogP contribution in [0.4, 0.5) is 0 Å². The van der Waals surface area contributed by atoms with Gasteiger partial charge in [-0.25, -0.2) is 4.79 Å². The van der Waals surface area contributed by atoms with Crippen LogP contribution in [0.2, 0.25) is 0 Å². The van der Waals surface area contributed by atoms with E-state index in [1.165, 1.54) is 37.6 Å². The molecule has 0 rings (SSSR count). The Kier molecular flexibility index (Phi) is 16.5. The van der Waals surface area contributed by atoms with Crippen LogP contribution in [-0.4, -0.2) is 36.4 Å². The Morgan fingerprint density at radius 1 is 0.893 bits per heavy atom. The smallest absolute Gasteiger partial charge is 0.333 e. The predicted octanol–water partition coefficient (Wildman–Crippen LogP) is 4.47. The normalized spacial score (nSPS) is 11.5. The summed E-state index contributed by atoms with van der Waals surface area (Å²) in [6.45, 7) is 2.02. The minimum absolute atomic E-state index is 0.202. The number of ether oxygens (including phenoxy) is 1. The molecular weight excluding hydrogens is 354 g/mol. The highest BCUT2D eigenvalue weighted by atomic mass is 16.6. The van der Waals surface area contributed by atoms with Crippen LogP contribution in [0, 0.1) is 5.41 Å². The molecule has 0 aliphatic heterocycles. The van der Waals surface area contributed by atoms with E-state index in [1.807, 2.05) is 0 Å². The topological polar surface area (TPSA) is 96.5 Å². The van der Waals surface area contributed by atoms with Crippen molar-refractivity contribution in [1.82, 2.24) is 4.90 Å². The number of likely N-dealkylation sites (N-methyl/N-ethyl adjacent to an activating group) is 1. The van der Waals surface area contributed by atoms with Crippen LogP contribution >= 0.6 is 0 Å². The molecule has 0 spiro atoms. The number of nitrogens with two attached hydrogens (primary N) is 1. The van der Waals surface area contributed by atoms with E-state index in [1.54, 1.807) is 0 Å². The van der Waals surface area contributed by atoms with Crippen LogP contribution in [0.3, 0.4) is 0 Å². The summed E-state index contributed by atoms with van der Waals surface area (Å²) < 4.78 is 4.69. The molecule has 0 atom stereocenters. The van der Waals surface area contributed by atoms with Crippen molar-refractivity contribution in [3.63, 3.8) is 0 Å². The van der Waals surface area contributed by atoms with Crippen molar-refractivity contribution in [2.24, 2.45) is 5.73 Å². The third-order valence-corrected chi connectivity index (χ3v) is 4.03. The summed E-state index contributed by atoms with van der Waals surface area (Å²) in [4.78, 5) is 24.2. The second-order valence-corrected chi connectivity index (χ2v) is 6.71. The maximum Gasteiger partial charge on any atom is 0.333 e. The van der Waals surface area contributed by atoms with E-state index < -0.39 is 11.9 Å². The number of carbonyl (C=O) groups is 2. The molecular formula is C22H37N3O3. The van der Waals surface area contributed by atoms with E-state index in [0.29, 0.717) is 6.42 Å². The summed E-state index contributed by atoms with van der Waals surface area (Å²) in [7, 11) is 1.49. The van der Waals surface area contributed by atoms with E-state index in [9.17, 15) is 9.59 Å². The number of carbonyl (C=O) groups excluding carboxylic acids is 2. The molecule has 0 aliphatic rings. The molecule has 0 heterocycles. The third kappa shape index (κ3) is 17.1. The fourth-order valence-electron chi connectivity index (χ4n) is 2.31. The summed E-state index contributed by atoms with van der Waals surface area (Å²) in [5.74, 6) is -1.47. The summed E-state index contributed by atoms with van der Waals surface area (Å²) in [5.41, 5.74) is 5.22. The summed E-state index contributed by atoms with van der Waals surface area (Å²) in [6.07, 6.45) is 22.7. The maximum atomic E-state index is 11.6. The fraction of sp³-hybridized carbons (Fsp3) is 0.591. The molecule has 28 heavy (non-hydrogen) atoms. The average Bonchev–Trinajstić information content (AvgIpc) is 2.64. The molecule has 6 nitrogen and oxygen atoms in total. The molecule has 0 saturated heterocycles. The molecule has 0 radical (unpaired) electrons. The van der Waals surface area contributed by atoms with Gasteiger partial charge in [0.2, 0.25) is 0 Å². The van der Waals surface area contributed by atoms with Crippen LogP contribution in [0.5, 0.6) is 0 Å². The molecule has 3 N–H and O–H groups in total. The van der Waals surface area contributed by atoms with E-state index in [2.05, 4.69) is 48.1 Å². The molecule has 6 heteroatoms. The van der Waals surface area contributed by atoms with Gasteiger partial charge in [-0.15, -0.1) is 0 Å². The Balaban J connectivity index is 3.61. The number of unbranched alkanes of at least 4 members (excludes halogenated alkanes) is 5. The fourth-order valence-corrected chi connectivity index (χ4v) is 2.31. The van der Waals surface area contributed by atoms with Gasteiger partial charge in [0.05, 0.1) is 0 Å². The standard InChI is InChI=1S/C22H37N3O3/c1-3-4-5-6-7-8-9-10-11-12-13-14-15-16-17-18-20(26)28-21(27)19-25(2)22(23)24/h7-8,10-11,13-14H,3-6,9,12,15-19H2,1-2H3,(H3,23,24)/b8-7-,11-10-,14-13-. The van der Waals surface area contributed by atoms with Gasteiger partial charge in [-0.2, -0.15) is 0 Å². The SMILES string of the molecule is CCCCC/C=C\C/C=C\C/C=C\CCCCC(=O)OC(=O)CN(C)C(=N)N. The lowest BCUT2D eigenvalue weighted by atomic mass is 10.1. The number of rotatable bonds is 15. The second kappa shape index (κ2) is 18.0. The number of esters is 2. The number of hydrogen-bond acceptors (Lipinski definition) is 4. The van der Waals surface area contributed by atoms with Crippen LogP contribution in [0.1, 0.15) is 71.1 Å². The Bertz CT molecular complexity index is 539. The molecule has 0 unspecified atom stereocenters. The zero-order chi connectivity index (χ0) is 21.0. The van der Waals surface area contributed by atoms with E-state index in [-0.39, 0.29) is 18.9 Å². The van der Waals surface area contributed by atoms with Crippen molar-refractivity contribution >= 4 is 17.9 Å². The van der Waals surface area contributed by atoms with Gasteiger partial charge in [-0.3, -0.25) is 10.2 Å².